The van der Waals surface area contributed by atoms with Crippen LogP contribution in [0.3, 0.4) is 0 Å². The minimum Gasteiger partial charge on any atom is -0.497 e. The average Bonchev–Trinajstić information content (AvgIpc) is 2.75. The maximum atomic E-state index is 13.1. The number of nitrogens with zero attached hydrogens (tertiary/aromatic N) is 1. The fraction of sp³-hybridized carbons (Fsp3) is 0.364. The van der Waals surface area contributed by atoms with Crippen molar-refractivity contribution in [1.82, 2.24) is 10.2 Å². The Morgan fingerprint density at radius 3 is 2.43 bits per heavy atom. The smallest absolute Gasteiger partial charge is 0.242 e. The van der Waals surface area contributed by atoms with Crippen LogP contribution in [0.2, 0.25) is 10.0 Å². The first kappa shape index (κ1) is 24.4. The van der Waals surface area contributed by atoms with E-state index in [2.05, 4.69) is 5.32 Å². The maximum Gasteiger partial charge on any atom is 0.242 e. The summed E-state index contributed by atoms with van der Waals surface area (Å²) in [6, 6.07) is 12.3. The lowest BCUT2D eigenvalue weighted by Crippen LogP contribution is -2.48. The second-order valence-electron chi connectivity index (χ2n) is 6.64. The number of rotatable bonds is 10. The van der Waals surface area contributed by atoms with Crippen LogP contribution in [0.25, 0.3) is 0 Å². The largest absolute Gasteiger partial charge is 0.497 e. The molecule has 0 aromatic heterocycles. The van der Waals surface area contributed by atoms with Crippen LogP contribution in [0.1, 0.15) is 24.5 Å². The van der Waals surface area contributed by atoms with E-state index in [9.17, 15) is 9.59 Å². The number of nitrogens with one attached hydrogen (secondary N) is 1. The van der Waals surface area contributed by atoms with E-state index in [0.29, 0.717) is 22.2 Å². The molecule has 1 N–H and O–H groups in total. The van der Waals surface area contributed by atoms with E-state index in [1.807, 2.05) is 31.2 Å². The van der Waals surface area contributed by atoms with Gasteiger partial charge in [0.05, 0.1) is 12.9 Å². The molecule has 162 valence electrons. The van der Waals surface area contributed by atoms with E-state index in [4.69, 9.17) is 27.9 Å². The molecule has 0 aliphatic heterocycles. The number of amides is 2. The maximum absolute atomic E-state index is 13.1. The number of hydrogen-bond donors (Lipinski definition) is 1. The molecule has 2 aromatic rings. The van der Waals surface area contributed by atoms with Gasteiger partial charge in [0.1, 0.15) is 11.8 Å². The lowest BCUT2D eigenvalue weighted by molar-refractivity contribution is -0.139. The zero-order chi connectivity index (χ0) is 22.1. The number of ether oxygens (including phenoxy) is 1. The van der Waals surface area contributed by atoms with Gasteiger partial charge in [-0.25, -0.2) is 0 Å². The Labute approximate surface area is 192 Å². The zero-order valence-corrected chi connectivity index (χ0v) is 19.6. The van der Waals surface area contributed by atoms with Crippen molar-refractivity contribution < 1.29 is 14.3 Å². The van der Waals surface area contributed by atoms with E-state index in [0.717, 1.165) is 16.9 Å². The quantitative estimate of drug-likeness (QED) is 0.544. The molecule has 8 heteroatoms. The Bertz CT molecular complexity index is 862. The summed E-state index contributed by atoms with van der Waals surface area (Å²) in [5.74, 6) is 1.42. The van der Waals surface area contributed by atoms with Crippen LogP contribution in [0.5, 0.6) is 5.75 Å². The van der Waals surface area contributed by atoms with Crippen LogP contribution in [0, 0.1) is 0 Å². The summed E-state index contributed by atoms with van der Waals surface area (Å²) < 4.78 is 5.16. The Morgan fingerprint density at radius 1 is 1.17 bits per heavy atom. The van der Waals surface area contributed by atoms with Gasteiger partial charge in [-0.15, -0.1) is 11.8 Å². The number of carbonyl (C=O) groups is 2. The van der Waals surface area contributed by atoms with Crippen molar-refractivity contribution in [3.05, 3.63) is 63.6 Å². The standard InChI is InChI=1S/C22H26Cl2N2O3S/c1-4-20(22(28)25-2)26(12-16-7-8-17(23)11-19(16)24)21(27)14-30-13-15-5-9-18(29-3)10-6-15/h5-11,20H,4,12-14H2,1-3H3,(H,25,28)/t20-/m0/s1. The third-order valence-corrected chi connectivity index (χ3v) is 6.22. The molecule has 2 aromatic carbocycles. The first-order chi connectivity index (χ1) is 14.4. The molecule has 0 radical (unpaired) electrons. The Kier molecular flexibility index (Phi) is 9.82. The third-order valence-electron chi connectivity index (χ3n) is 4.64. The van der Waals surface area contributed by atoms with E-state index in [1.54, 1.807) is 37.3 Å². The predicted octanol–water partition coefficient (Wildman–Crippen LogP) is 4.79. The summed E-state index contributed by atoms with van der Waals surface area (Å²) in [6.45, 7) is 2.12. The van der Waals surface area contributed by atoms with Crippen LogP contribution in [0.4, 0.5) is 0 Å². The average molecular weight is 469 g/mol. The van der Waals surface area contributed by atoms with E-state index in [1.165, 1.54) is 11.8 Å². The van der Waals surface area contributed by atoms with Crippen LogP contribution < -0.4 is 10.1 Å². The van der Waals surface area contributed by atoms with Gasteiger partial charge in [0.2, 0.25) is 11.8 Å². The number of halogens is 2. The fourth-order valence-corrected chi connectivity index (χ4v) is 4.32. The van der Waals surface area contributed by atoms with Crippen molar-refractivity contribution in [3.63, 3.8) is 0 Å². The van der Waals surface area contributed by atoms with Gasteiger partial charge >= 0.3 is 0 Å². The van der Waals surface area contributed by atoms with Gasteiger partial charge in [0, 0.05) is 29.4 Å². The number of likely N-dealkylation sites (N-methyl/N-ethyl adjacent to an activating group) is 1. The van der Waals surface area contributed by atoms with Gasteiger partial charge in [0.15, 0.2) is 0 Å². The van der Waals surface area contributed by atoms with Crippen LogP contribution in [-0.4, -0.2) is 42.7 Å². The highest BCUT2D eigenvalue weighted by Crippen LogP contribution is 2.24. The lowest BCUT2D eigenvalue weighted by atomic mass is 10.1. The van der Waals surface area contributed by atoms with Crippen LogP contribution >= 0.6 is 35.0 Å². The highest BCUT2D eigenvalue weighted by molar-refractivity contribution is 7.99. The van der Waals surface area contributed by atoms with Gasteiger partial charge in [-0.3, -0.25) is 9.59 Å². The third kappa shape index (κ3) is 6.83. The molecule has 0 aliphatic carbocycles. The van der Waals surface area contributed by atoms with Crippen molar-refractivity contribution in [2.45, 2.75) is 31.7 Å². The zero-order valence-electron chi connectivity index (χ0n) is 17.3. The second kappa shape index (κ2) is 12.1. The van der Waals surface area contributed by atoms with Crippen molar-refractivity contribution in [2.24, 2.45) is 0 Å². The molecular weight excluding hydrogens is 443 g/mol. The summed E-state index contributed by atoms with van der Waals surface area (Å²) in [5.41, 5.74) is 1.84. The number of methoxy groups -OCH3 is 1. The number of carbonyl (C=O) groups excluding carboxylic acids is 2. The number of benzene rings is 2. The molecule has 0 aliphatic rings. The molecular formula is C22H26Cl2N2O3S. The minimum absolute atomic E-state index is 0.116. The lowest BCUT2D eigenvalue weighted by Gasteiger charge is -2.30. The molecule has 0 saturated carbocycles. The normalized spacial score (nSPS) is 11.6. The van der Waals surface area contributed by atoms with Gasteiger partial charge in [0.25, 0.3) is 0 Å². The van der Waals surface area contributed by atoms with Crippen molar-refractivity contribution >= 4 is 46.8 Å². The van der Waals surface area contributed by atoms with Crippen molar-refractivity contribution in [3.8, 4) is 5.75 Å². The molecule has 0 saturated heterocycles. The molecule has 5 nitrogen and oxygen atoms in total. The SMILES string of the molecule is CC[C@@H](C(=O)NC)N(Cc1ccc(Cl)cc1Cl)C(=O)CSCc1ccc(OC)cc1. The molecule has 0 bridgehead atoms. The highest BCUT2D eigenvalue weighted by Gasteiger charge is 2.28. The summed E-state index contributed by atoms with van der Waals surface area (Å²) in [5, 5.41) is 3.64. The molecule has 30 heavy (non-hydrogen) atoms. The first-order valence-corrected chi connectivity index (χ1v) is 11.5. The van der Waals surface area contributed by atoms with Gasteiger partial charge in [-0.1, -0.05) is 48.3 Å². The molecule has 1 atom stereocenters. The van der Waals surface area contributed by atoms with Crippen LogP contribution in [-0.2, 0) is 21.9 Å². The summed E-state index contributed by atoms with van der Waals surface area (Å²) in [4.78, 5) is 27.1. The molecule has 0 spiro atoms. The summed E-state index contributed by atoms with van der Waals surface area (Å²) in [7, 11) is 3.20. The van der Waals surface area contributed by atoms with E-state index < -0.39 is 6.04 Å². The topological polar surface area (TPSA) is 58.6 Å². The number of hydrogen-bond acceptors (Lipinski definition) is 4. The van der Waals surface area contributed by atoms with Crippen molar-refractivity contribution in [2.75, 3.05) is 19.9 Å². The van der Waals surface area contributed by atoms with Crippen molar-refractivity contribution in [1.29, 1.82) is 0 Å². The summed E-state index contributed by atoms with van der Waals surface area (Å²) >= 11 is 13.8. The van der Waals surface area contributed by atoms with Gasteiger partial charge in [-0.05, 0) is 41.8 Å². The molecule has 0 unspecified atom stereocenters. The van der Waals surface area contributed by atoms with Gasteiger partial charge in [-0.2, -0.15) is 0 Å². The van der Waals surface area contributed by atoms with Crippen LogP contribution in [0.15, 0.2) is 42.5 Å². The monoisotopic (exact) mass is 468 g/mol. The first-order valence-electron chi connectivity index (χ1n) is 9.55. The Morgan fingerprint density at radius 2 is 1.87 bits per heavy atom. The Balaban J connectivity index is 2.11. The number of thioether (sulfide) groups is 1. The molecule has 0 fully saturated rings. The van der Waals surface area contributed by atoms with E-state index >= 15 is 0 Å². The fourth-order valence-electron chi connectivity index (χ4n) is 2.98. The minimum atomic E-state index is -0.573. The van der Waals surface area contributed by atoms with Gasteiger partial charge < -0.3 is 15.0 Å². The molecule has 2 rings (SSSR count). The summed E-state index contributed by atoms with van der Waals surface area (Å²) in [6.07, 6.45) is 0.500. The highest BCUT2D eigenvalue weighted by atomic mass is 35.5. The Hall–Kier alpha value is -1.89. The predicted molar refractivity (Wildman–Crippen MR) is 124 cm³/mol. The molecule has 0 heterocycles. The van der Waals surface area contributed by atoms with E-state index in [-0.39, 0.29) is 24.1 Å². The second-order valence-corrected chi connectivity index (χ2v) is 8.47. The molecule has 2 amide bonds.